The molecule has 1 heterocycles. The van der Waals surface area contributed by atoms with Gasteiger partial charge in [-0.05, 0) is 48.3 Å². The maximum Gasteiger partial charge on any atom is 0.416 e. The summed E-state index contributed by atoms with van der Waals surface area (Å²) >= 11 is 0. The van der Waals surface area contributed by atoms with Crippen molar-refractivity contribution in [2.24, 2.45) is 17.8 Å². The normalized spacial score (nSPS) is 28.6. The molecule has 194 valence electrons. The van der Waals surface area contributed by atoms with E-state index < -0.39 is 18.8 Å². The van der Waals surface area contributed by atoms with Crippen LogP contribution in [0.2, 0.25) is 0 Å². The molecule has 6 atom stereocenters. The van der Waals surface area contributed by atoms with Gasteiger partial charge in [0.1, 0.15) is 11.9 Å². The highest BCUT2D eigenvalue weighted by Crippen LogP contribution is 2.37. The first-order valence-electron chi connectivity index (χ1n) is 12.4. The Morgan fingerprint density at radius 3 is 2.56 bits per heavy atom. The van der Waals surface area contributed by atoms with E-state index in [1.165, 1.54) is 5.57 Å². The first-order chi connectivity index (χ1) is 17.1. The van der Waals surface area contributed by atoms with Gasteiger partial charge in [-0.1, -0.05) is 56.4 Å². The van der Waals surface area contributed by atoms with Crippen molar-refractivity contribution in [3.63, 3.8) is 0 Å². The second-order valence-corrected chi connectivity index (χ2v) is 9.93. The van der Waals surface area contributed by atoms with Gasteiger partial charge in [-0.2, -0.15) is 13.2 Å². The molecule has 0 amide bonds. The van der Waals surface area contributed by atoms with Crippen LogP contribution in [-0.2, 0) is 4.74 Å². The average molecular weight is 502 g/mol. The second kappa shape index (κ2) is 11.0. The molecule has 2 aliphatic carbocycles. The molecule has 0 saturated heterocycles. The lowest BCUT2D eigenvalue weighted by atomic mass is 9.78. The molecular formula is C29H34F3NO3. The highest BCUT2D eigenvalue weighted by Gasteiger charge is 2.40. The first-order valence-corrected chi connectivity index (χ1v) is 12.4. The van der Waals surface area contributed by atoms with Gasteiger partial charge in [0, 0.05) is 30.5 Å². The van der Waals surface area contributed by atoms with Gasteiger partial charge in [-0.25, -0.2) is 0 Å². The summed E-state index contributed by atoms with van der Waals surface area (Å²) in [5, 5.41) is 9.98. The van der Waals surface area contributed by atoms with Crippen molar-refractivity contribution >= 4 is 0 Å². The minimum Gasteiger partial charge on any atom is -0.498 e. The van der Waals surface area contributed by atoms with E-state index in [0.717, 1.165) is 12.0 Å². The zero-order chi connectivity index (χ0) is 25.9. The van der Waals surface area contributed by atoms with Crippen molar-refractivity contribution in [2.45, 2.75) is 51.7 Å². The van der Waals surface area contributed by atoms with E-state index in [1.807, 2.05) is 80.8 Å². The number of rotatable bonds is 8. The summed E-state index contributed by atoms with van der Waals surface area (Å²) in [5.41, 5.74) is 2.81. The fourth-order valence-corrected chi connectivity index (χ4v) is 4.87. The van der Waals surface area contributed by atoms with Gasteiger partial charge in [-0.15, -0.1) is 0 Å². The van der Waals surface area contributed by atoms with Crippen LogP contribution in [-0.4, -0.2) is 47.6 Å². The van der Waals surface area contributed by atoms with Gasteiger partial charge in [0.15, 0.2) is 6.10 Å². The number of hydrogen-bond donors (Lipinski definition) is 1. The number of nitrogens with zero attached hydrogens (tertiary/aromatic N) is 1. The lowest BCUT2D eigenvalue weighted by Gasteiger charge is -2.36. The molecule has 0 spiro atoms. The summed E-state index contributed by atoms with van der Waals surface area (Å²) in [6, 6.07) is 9.36. The zero-order valence-corrected chi connectivity index (χ0v) is 20.9. The number of halogens is 3. The molecule has 0 aromatic heterocycles. The molecule has 1 N–H and O–H groups in total. The lowest BCUT2D eigenvalue weighted by molar-refractivity contribution is -0.206. The molecule has 1 aliphatic heterocycles. The fraction of sp³-hybridized carbons (Fsp3) is 0.448. The Labute approximate surface area is 211 Å². The predicted octanol–water partition coefficient (Wildman–Crippen LogP) is 6.19. The number of hydrogen-bond acceptors (Lipinski definition) is 4. The van der Waals surface area contributed by atoms with E-state index in [2.05, 4.69) is 13.0 Å². The molecule has 4 rings (SSSR count). The van der Waals surface area contributed by atoms with Crippen LogP contribution in [0.25, 0.3) is 0 Å². The summed E-state index contributed by atoms with van der Waals surface area (Å²) in [7, 11) is 0. The summed E-state index contributed by atoms with van der Waals surface area (Å²) in [6.07, 6.45) is 6.99. The minimum absolute atomic E-state index is 0.0415. The van der Waals surface area contributed by atoms with Crippen molar-refractivity contribution in [1.29, 1.82) is 0 Å². The van der Waals surface area contributed by atoms with Crippen LogP contribution in [0.1, 0.15) is 27.2 Å². The molecule has 6 unspecified atom stereocenters. The summed E-state index contributed by atoms with van der Waals surface area (Å²) in [6.45, 7) is 5.83. The monoisotopic (exact) mass is 501 g/mol. The van der Waals surface area contributed by atoms with E-state index in [4.69, 9.17) is 9.47 Å². The number of benzene rings is 1. The number of ether oxygens (including phenoxy) is 2. The lowest BCUT2D eigenvalue weighted by Crippen LogP contribution is -2.42. The molecule has 1 aromatic carbocycles. The van der Waals surface area contributed by atoms with Gasteiger partial charge >= 0.3 is 6.18 Å². The van der Waals surface area contributed by atoms with Crippen LogP contribution < -0.4 is 4.74 Å². The van der Waals surface area contributed by atoms with E-state index >= 15 is 0 Å². The molecular weight excluding hydrogens is 467 g/mol. The Morgan fingerprint density at radius 1 is 1.14 bits per heavy atom. The average Bonchev–Trinajstić information content (AvgIpc) is 3.27. The third-order valence-corrected chi connectivity index (χ3v) is 7.10. The van der Waals surface area contributed by atoms with Gasteiger partial charge in [0.05, 0.1) is 18.9 Å². The van der Waals surface area contributed by atoms with E-state index in [1.54, 1.807) is 4.90 Å². The second-order valence-electron chi connectivity index (χ2n) is 9.93. The van der Waals surface area contributed by atoms with Gasteiger partial charge in [-0.3, -0.25) is 0 Å². The van der Waals surface area contributed by atoms with E-state index in [0.29, 0.717) is 11.4 Å². The van der Waals surface area contributed by atoms with Crippen molar-refractivity contribution in [1.82, 2.24) is 4.90 Å². The van der Waals surface area contributed by atoms with Crippen LogP contribution >= 0.6 is 0 Å². The first kappa shape index (κ1) is 26.1. The van der Waals surface area contributed by atoms with E-state index in [9.17, 15) is 18.3 Å². The SMILES string of the molecule is CC1CC(C2C=CC=C(CN(CC(O)C(F)(F)F)C3=CC(Oc4ccccc4)C(C)C=C3)C2C)=CO1. The zero-order valence-electron chi connectivity index (χ0n) is 20.9. The number of alkyl halides is 3. The highest BCUT2D eigenvalue weighted by molar-refractivity contribution is 5.34. The smallest absolute Gasteiger partial charge is 0.416 e. The number of allylic oxidation sites excluding steroid dienone is 4. The van der Waals surface area contributed by atoms with Crippen LogP contribution in [0.4, 0.5) is 13.2 Å². The number of aliphatic hydroxyl groups excluding tert-OH is 1. The molecule has 7 heteroatoms. The van der Waals surface area contributed by atoms with Crippen molar-refractivity contribution in [3.05, 3.63) is 89.9 Å². The Kier molecular flexibility index (Phi) is 7.98. The largest absolute Gasteiger partial charge is 0.498 e. The summed E-state index contributed by atoms with van der Waals surface area (Å²) in [4.78, 5) is 1.61. The third kappa shape index (κ3) is 6.25. The minimum atomic E-state index is -4.71. The standard InChI is InChI=1S/C29H34F3NO3/c1-19-12-13-24(15-27(19)36-25-9-5-4-6-10-25)33(17-28(34)29(30,31)32)16-22-8-7-11-26(21(22)3)23-14-20(2)35-18-23/h4-13,15,18-21,26-28,34H,14,16-17H2,1-3H3. The van der Waals surface area contributed by atoms with E-state index in [-0.39, 0.29) is 36.5 Å². The molecule has 0 fully saturated rings. The predicted molar refractivity (Wildman–Crippen MR) is 134 cm³/mol. The van der Waals surface area contributed by atoms with Gasteiger partial charge in [0.25, 0.3) is 0 Å². The maximum absolute atomic E-state index is 13.4. The third-order valence-electron chi connectivity index (χ3n) is 7.10. The Hall–Kier alpha value is -2.93. The number of para-hydroxylation sites is 1. The molecule has 0 saturated carbocycles. The van der Waals surface area contributed by atoms with Crippen LogP contribution in [0.5, 0.6) is 5.75 Å². The van der Waals surface area contributed by atoms with Crippen LogP contribution in [0.15, 0.2) is 89.9 Å². The maximum atomic E-state index is 13.4. The molecule has 3 aliphatic rings. The van der Waals surface area contributed by atoms with Gasteiger partial charge in [0.2, 0.25) is 0 Å². The summed E-state index contributed by atoms with van der Waals surface area (Å²) in [5.74, 6) is 0.957. The number of aliphatic hydroxyl groups is 1. The molecule has 0 bridgehead atoms. The van der Waals surface area contributed by atoms with Crippen LogP contribution in [0.3, 0.4) is 0 Å². The molecule has 1 aromatic rings. The van der Waals surface area contributed by atoms with Gasteiger partial charge < -0.3 is 19.5 Å². The van der Waals surface area contributed by atoms with Crippen molar-refractivity contribution in [3.8, 4) is 5.75 Å². The molecule has 0 radical (unpaired) electrons. The Balaban J connectivity index is 1.57. The quantitative estimate of drug-likeness (QED) is 0.461. The van der Waals surface area contributed by atoms with Crippen molar-refractivity contribution in [2.75, 3.05) is 13.1 Å². The highest BCUT2D eigenvalue weighted by atomic mass is 19.4. The van der Waals surface area contributed by atoms with Crippen LogP contribution in [0, 0.1) is 17.8 Å². The summed E-state index contributed by atoms with van der Waals surface area (Å²) < 4.78 is 51.9. The van der Waals surface area contributed by atoms with Crippen molar-refractivity contribution < 1.29 is 27.8 Å². The Bertz CT molecular complexity index is 1060. The Morgan fingerprint density at radius 2 is 1.89 bits per heavy atom. The topological polar surface area (TPSA) is 41.9 Å². The molecule has 36 heavy (non-hydrogen) atoms. The molecule has 4 nitrogen and oxygen atoms in total. The fourth-order valence-electron chi connectivity index (χ4n) is 4.87.